The Morgan fingerprint density at radius 3 is 2.89 bits per heavy atom. The van der Waals surface area contributed by atoms with E-state index >= 15 is 0 Å². The van der Waals surface area contributed by atoms with E-state index in [2.05, 4.69) is 10.2 Å². The Bertz CT molecular complexity index is 577. The summed E-state index contributed by atoms with van der Waals surface area (Å²) in [5.74, 6) is -1.42. The Kier molecular flexibility index (Phi) is 3.96. The molecule has 0 aromatic carbocycles. The van der Waals surface area contributed by atoms with E-state index in [0.29, 0.717) is 6.54 Å². The molecule has 0 saturated carbocycles. The highest BCUT2D eigenvalue weighted by atomic mass is 32.1. The molecule has 6 nitrogen and oxygen atoms in total. The Labute approximate surface area is 113 Å². The van der Waals surface area contributed by atoms with Crippen LogP contribution in [0.3, 0.4) is 0 Å². The van der Waals surface area contributed by atoms with Gasteiger partial charge in [0.2, 0.25) is 0 Å². The van der Waals surface area contributed by atoms with Crippen molar-refractivity contribution >= 4 is 23.2 Å². The number of likely N-dealkylation sites (N-methyl/N-ethyl adjacent to an activating group) is 1. The molecule has 2 heterocycles. The van der Waals surface area contributed by atoms with Gasteiger partial charge in [-0.05, 0) is 24.4 Å². The lowest BCUT2D eigenvalue weighted by molar-refractivity contribution is -0.137. The molecule has 0 unspecified atom stereocenters. The first kappa shape index (κ1) is 13.3. The summed E-state index contributed by atoms with van der Waals surface area (Å²) >= 11 is 1.54. The van der Waals surface area contributed by atoms with E-state index in [0.717, 1.165) is 10.6 Å². The molecule has 0 spiro atoms. The summed E-state index contributed by atoms with van der Waals surface area (Å²) in [6.07, 6.45) is 0. The van der Waals surface area contributed by atoms with Crippen LogP contribution in [0.2, 0.25) is 0 Å². The summed E-state index contributed by atoms with van der Waals surface area (Å²) in [6, 6.07) is 5.46. The first-order chi connectivity index (χ1) is 9.11. The van der Waals surface area contributed by atoms with E-state index in [1.54, 1.807) is 13.0 Å². The van der Waals surface area contributed by atoms with Crippen molar-refractivity contribution in [1.82, 2.24) is 15.1 Å². The molecule has 0 aliphatic carbocycles. The number of carbonyl (C=O) groups is 2. The molecule has 0 atom stereocenters. The number of aromatic amines is 1. The second kappa shape index (κ2) is 5.66. The highest BCUT2D eigenvalue weighted by Crippen LogP contribution is 2.23. The van der Waals surface area contributed by atoms with Gasteiger partial charge in [0.05, 0.1) is 10.6 Å². The number of rotatable bonds is 5. The molecule has 1 amide bonds. The fourth-order valence-electron chi connectivity index (χ4n) is 1.64. The predicted octanol–water partition coefficient (Wildman–Crippen LogP) is 1.68. The minimum atomic E-state index is -1.04. The zero-order valence-corrected chi connectivity index (χ0v) is 11.1. The molecule has 0 radical (unpaired) electrons. The Morgan fingerprint density at radius 2 is 2.32 bits per heavy atom. The van der Waals surface area contributed by atoms with Crippen LogP contribution >= 0.6 is 11.3 Å². The first-order valence-corrected chi connectivity index (χ1v) is 6.60. The van der Waals surface area contributed by atoms with Crippen LogP contribution in [0.15, 0.2) is 23.6 Å². The van der Waals surface area contributed by atoms with Gasteiger partial charge < -0.3 is 10.0 Å². The van der Waals surface area contributed by atoms with E-state index in [1.807, 2.05) is 17.5 Å². The Morgan fingerprint density at radius 1 is 1.53 bits per heavy atom. The van der Waals surface area contributed by atoms with Gasteiger partial charge in [0.15, 0.2) is 5.69 Å². The third kappa shape index (κ3) is 3.00. The van der Waals surface area contributed by atoms with E-state index < -0.39 is 5.97 Å². The molecule has 7 heteroatoms. The Balaban J connectivity index is 2.17. The van der Waals surface area contributed by atoms with Crippen LogP contribution in [-0.2, 0) is 4.79 Å². The minimum Gasteiger partial charge on any atom is -0.480 e. The zero-order chi connectivity index (χ0) is 13.8. The smallest absolute Gasteiger partial charge is 0.323 e. The third-order valence-electron chi connectivity index (χ3n) is 2.58. The molecular formula is C12H13N3O3S. The van der Waals surface area contributed by atoms with Gasteiger partial charge in [0, 0.05) is 6.54 Å². The van der Waals surface area contributed by atoms with Gasteiger partial charge in [0.25, 0.3) is 5.91 Å². The van der Waals surface area contributed by atoms with E-state index in [9.17, 15) is 9.59 Å². The second-order valence-corrected chi connectivity index (χ2v) is 4.80. The summed E-state index contributed by atoms with van der Waals surface area (Å²) in [5.41, 5.74) is 0.983. The topological polar surface area (TPSA) is 86.3 Å². The van der Waals surface area contributed by atoms with Crippen molar-refractivity contribution in [2.45, 2.75) is 6.92 Å². The highest BCUT2D eigenvalue weighted by Gasteiger charge is 2.19. The van der Waals surface area contributed by atoms with Crippen LogP contribution in [0.25, 0.3) is 10.6 Å². The largest absolute Gasteiger partial charge is 0.480 e. The van der Waals surface area contributed by atoms with Crippen molar-refractivity contribution in [3.05, 3.63) is 29.3 Å². The number of nitrogens with one attached hydrogen (secondary N) is 1. The van der Waals surface area contributed by atoms with Crippen molar-refractivity contribution in [3.8, 4) is 10.6 Å². The minimum absolute atomic E-state index is 0.228. The molecular weight excluding hydrogens is 266 g/mol. The SMILES string of the molecule is CCN(CC(=O)O)C(=O)c1cc(-c2cccs2)[nH]n1. The summed E-state index contributed by atoms with van der Waals surface area (Å²) in [6.45, 7) is 1.73. The van der Waals surface area contributed by atoms with Gasteiger partial charge in [-0.3, -0.25) is 14.7 Å². The van der Waals surface area contributed by atoms with Crippen molar-refractivity contribution in [3.63, 3.8) is 0 Å². The number of thiophene rings is 1. The lowest BCUT2D eigenvalue weighted by atomic mass is 10.3. The molecule has 0 bridgehead atoms. The molecule has 0 aliphatic rings. The lowest BCUT2D eigenvalue weighted by Gasteiger charge is -2.16. The molecule has 2 rings (SSSR count). The maximum Gasteiger partial charge on any atom is 0.323 e. The van der Waals surface area contributed by atoms with Gasteiger partial charge >= 0.3 is 5.97 Å². The van der Waals surface area contributed by atoms with Crippen molar-refractivity contribution in [2.24, 2.45) is 0 Å². The van der Waals surface area contributed by atoms with Gasteiger partial charge in [-0.15, -0.1) is 11.3 Å². The third-order valence-corrected chi connectivity index (χ3v) is 3.48. The van der Waals surface area contributed by atoms with Crippen molar-refractivity contribution in [2.75, 3.05) is 13.1 Å². The average molecular weight is 279 g/mol. The van der Waals surface area contributed by atoms with Crippen LogP contribution in [0, 0.1) is 0 Å². The zero-order valence-electron chi connectivity index (χ0n) is 10.3. The summed E-state index contributed by atoms with van der Waals surface area (Å²) in [4.78, 5) is 25.0. The molecule has 2 N–H and O–H groups in total. The van der Waals surface area contributed by atoms with Crippen LogP contribution in [-0.4, -0.2) is 45.2 Å². The summed E-state index contributed by atoms with van der Waals surface area (Å²) in [5, 5.41) is 17.4. The molecule has 2 aromatic heterocycles. The molecule has 0 aliphatic heterocycles. The fourth-order valence-corrected chi connectivity index (χ4v) is 2.33. The maximum absolute atomic E-state index is 12.1. The standard InChI is InChI=1S/C12H13N3O3S/c1-2-15(7-11(16)17)12(18)9-6-8(13-14-9)10-4-3-5-19-10/h3-6H,2,7H2,1H3,(H,13,14)(H,16,17). The quantitative estimate of drug-likeness (QED) is 0.872. The highest BCUT2D eigenvalue weighted by molar-refractivity contribution is 7.13. The summed E-state index contributed by atoms with van der Waals surface area (Å²) in [7, 11) is 0. The van der Waals surface area contributed by atoms with Gasteiger partial charge in [-0.25, -0.2) is 0 Å². The molecule has 0 saturated heterocycles. The van der Waals surface area contributed by atoms with Crippen LogP contribution in [0.1, 0.15) is 17.4 Å². The lowest BCUT2D eigenvalue weighted by Crippen LogP contribution is -2.35. The number of carboxylic acid groups (broad SMARTS) is 1. The maximum atomic E-state index is 12.1. The van der Waals surface area contributed by atoms with E-state index in [4.69, 9.17) is 5.11 Å². The number of carbonyl (C=O) groups excluding carboxylic acids is 1. The monoisotopic (exact) mass is 279 g/mol. The second-order valence-electron chi connectivity index (χ2n) is 3.86. The number of nitrogens with zero attached hydrogens (tertiary/aromatic N) is 2. The van der Waals surface area contributed by atoms with Crippen LogP contribution < -0.4 is 0 Å². The van der Waals surface area contributed by atoms with Gasteiger partial charge in [-0.1, -0.05) is 6.07 Å². The first-order valence-electron chi connectivity index (χ1n) is 5.72. The number of H-pyrrole nitrogens is 1. The van der Waals surface area contributed by atoms with Crippen LogP contribution in [0.5, 0.6) is 0 Å². The fraction of sp³-hybridized carbons (Fsp3) is 0.250. The number of hydrogen-bond donors (Lipinski definition) is 2. The normalized spacial score (nSPS) is 10.4. The van der Waals surface area contributed by atoms with E-state index in [-0.39, 0.29) is 18.1 Å². The summed E-state index contributed by atoms with van der Waals surface area (Å²) < 4.78 is 0. The average Bonchev–Trinajstić information content (AvgIpc) is 3.04. The van der Waals surface area contributed by atoms with Gasteiger partial charge in [0.1, 0.15) is 6.54 Å². The molecule has 100 valence electrons. The predicted molar refractivity (Wildman–Crippen MR) is 71.1 cm³/mol. The van der Waals surface area contributed by atoms with E-state index in [1.165, 1.54) is 16.2 Å². The molecule has 2 aromatic rings. The van der Waals surface area contributed by atoms with Crippen molar-refractivity contribution < 1.29 is 14.7 Å². The Hall–Kier alpha value is -2.15. The number of amides is 1. The number of aromatic nitrogens is 2. The molecule has 19 heavy (non-hydrogen) atoms. The number of aliphatic carboxylic acids is 1. The van der Waals surface area contributed by atoms with Crippen molar-refractivity contribution in [1.29, 1.82) is 0 Å². The number of carboxylic acids is 1. The van der Waals surface area contributed by atoms with Gasteiger partial charge in [-0.2, -0.15) is 5.10 Å². The molecule has 0 fully saturated rings. The van der Waals surface area contributed by atoms with Crippen LogP contribution in [0.4, 0.5) is 0 Å². The number of hydrogen-bond acceptors (Lipinski definition) is 4.